The summed E-state index contributed by atoms with van der Waals surface area (Å²) in [5.74, 6) is 0.304. The van der Waals surface area contributed by atoms with Gasteiger partial charge < -0.3 is 0 Å². The van der Waals surface area contributed by atoms with Crippen molar-refractivity contribution in [3.8, 4) is 0 Å². The van der Waals surface area contributed by atoms with E-state index in [1.807, 2.05) is 12.1 Å². The van der Waals surface area contributed by atoms with Gasteiger partial charge in [0.1, 0.15) is 5.82 Å². The Hall–Kier alpha value is -1.83. The fourth-order valence-electron chi connectivity index (χ4n) is 3.30. The number of hydrogen-bond acceptors (Lipinski definition) is 4. The van der Waals surface area contributed by atoms with E-state index in [0.29, 0.717) is 13.1 Å². The average Bonchev–Trinajstić information content (AvgIpc) is 3.38. The topological polar surface area (TPSA) is 53.5 Å². The molecule has 2 aliphatic rings. The normalized spacial score (nSPS) is 18.8. The molecule has 138 valence electrons. The van der Waals surface area contributed by atoms with Gasteiger partial charge in [-0.1, -0.05) is 0 Å². The highest BCUT2D eigenvalue weighted by atomic mass is 32.2. The minimum absolute atomic E-state index is 0.153. The number of aromatic nitrogens is 1. The van der Waals surface area contributed by atoms with Crippen LogP contribution in [0.25, 0.3) is 0 Å². The van der Waals surface area contributed by atoms with E-state index < -0.39 is 15.8 Å². The predicted molar refractivity (Wildman–Crippen MR) is 96.3 cm³/mol. The van der Waals surface area contributed by atoms with Crippen molar-refractivity contribution in [1.29, 1.82) is 0 Å². The first kappa shape index (κ1) is 17.6. The van der Waals surface area contributed by atoms with Crippen molar-refractivity contribution in [3.05, 3.63) is 60.2 Å². The van der Waals surface area contributed by atoms with Crippen molar-refractivity contribution in [2.24, 2.45) is 5.92 Å². The van der Waals surface area contributed by atoms with Gasteiger partial charge in [-0.25, -0.2) is 12.8 Å². The van der Waals surface area contributed by atoms with Gasteiger partial charge in [0.05, 0.1) is 4.90 Å². The van der Waals surface area contributed by atoms with Crippen LogP contribution in [0.3, 0.4) is 0 Å². The van der Waals surface area contributed by atoms with E-state index in [1.165, 1.54) is 47.0 Å². The first-order valence-corrected chi connectivity index (χ1v) is 10.3. The minimum Gasteiger partial charge on any atom is -0.293 e. The molecule has 2 fully saturated rings. The van der Waals surface area contributed by atoms with Crippen LogP contribution in [0.15, 0.2) is 53.7 Å². The van der Waals surface area contributed by atoms with Gasteiger partial charge in [-0.05, 0) is 60.7 Å². The van der Waals surface area contributed by atoms with Gasteiger partial charge in [0.25, 0.3) is 0 Å². The fourth-order valence-corrected chi connectivity index (χ4v) is 4.81. The molecular formula is C19H22FN3O2S. The second-order valence-electron chi connectivity index (χ2n) is 7.16. The molecule has 0 radical (unpaired) electrons. The van der Waals surface area contributed by atoms with Crippen molar-refractivity contribution < 1.29 is 12.8 Å². The largest absolute Gasteiger partial charge is 0.293 e. The van der Waals surface area contributed by atoms with Gasteiger partial charge in [0.15, 0.2) is 0 Å². The first-order valence-electron chi connectivity index (χ1n) is 8.91. The Morgan fingerprint density at radius 1 is 1.08 bits per heavy atom. The summed E-state index contributed by atoms with van der Waals surface area (Å²) in [6.45, 7) is 2.79. The average molecular weight is 375 g/mol. The molecule has 0 spiro atoms. The van der Waals surface area contributed by atoms with Crippen molar-refractivity contribution in [3.63, 3.8) is 0 Å². The van der Waals surface area contributed by atoms with E-state index in [4.69, 9.17) is 0 Å². The lowest BCUT2D eigenvalue weighted by molar-refractivity contribution is 0.0771. The van der Waals surface area contributed by atoms with Gasteiger partial charge in [-0.2, -0.15) is 4.31 Å². The van der Waals surface area contributed by atoms with E-state index in [1.54, 1.807) is 12.4 Å². The number of benzene rings is 1. The second kappa shape index (κ2) is 7.06. The summed E-state index contributed by atoms with van der Waals surface area (Å²) in [4.78, 5) is 6.60. The third-order valence-electron chi connectivity index (χ3n) is 5.12. The van der Waals surface area contributed by atoms with E-state index in [9.17, 15) is 12.8 Å². The molecule has 1 saturated heterocycles. The van der Waals surface area contributed by atoms with Crippen LogP contribution in [0.2, 0.25) is 0 Å². The molecule has 1 aromatic carbocycles. The molecule has 7 heteroatoms. The lowest BCUT2D eigenvalue weighted by atomic mass is 10.1. The Kier molecular flexibility index (Phi) is 4.77. The molecule has 0 atom stereocenters. The summed E-state index contributed by atoms with van der Waals surface area (Å²) >= 11 is 0. The summed E-state index contributed by atoms with van der Waals surface area (Å²) in [7, 11) is -3.54. The molecule has 4 rings (SSSR count). The minimum atomic E-state index is -3.54. The maximum atomic E-state index is 13.1. The van der Waals surface area contributed by atoms with Gasteiger partial charge in [0.2, 0.25) is 10.0 Å². The number of nitrogens with zero attached hydrogens (tertiary/aromatic N) is 3. The van der Waals surface area contributed by atoms with Crippen LogP contribution in [0.4, 0.5) is 4.39 Å². The molecule has 0 amide bonds. The van der Waals surface area contributed by atoms with Crippen molar-refractivity contribution in [2.45, 2.75) is 30.3 Å². The van der Waals surface area contributed by atoms with E-state index in [-0.39, 0.29) is 10.9 Å². The molecule has 0 bridgehead atoms. The van der Waals surface area contributed by atoms with Crippen LogP contribution in [0, 0.1) is 11.7 Å². The molecule has 2 aromatic rings. The number of hydrogen-bond donors (Lipinski definition) is 0. The maximum absolute atomic E-state index is 13.1. The molecule has 1 aliphatic heterocycles. The Bertz CT molecular complexity index is 848. The molecule has 1 saturated carbocycles. The number of rotatable bonds is 7. The molecule has 0 unspecified atom stereocenters. The van der Waals surface area contributed by atoms with Crippen LogP contribution in [0.1, 0.15) is 18.4 Å². The van der Waals surface area contributed by atoms with E-state index in [2.05, 4.69) is 9.88 Å². The molecule has 26 heavy (non-hydrogen) atoms. The van der Waals surface area contributed by atoms with Crippen LogP contribution in [-0.4, -0.2) is 48.3 Å². The number of halogens is 1. The number of pyridine rings is 1. The zero-order valence-electron chi connectivity index (χ0n) is 14.5. The first-order chi connectivity index (χ1) is 12.5. The van der Waals surface area contributed by atoms with Crippen LogP contribution in [0.5, 0.6) is 0 Å². The zero-order valence-corrected chi connectivity index (χ0v) is 15.3. The zero-order chi connectivity index (χ0) is 18.1. The standard InChI is InChI=1S/C19H22FN3O2S/c20-17-3-5-19(6-4-17)26(24,25)23-13-18(14-23)22(11-15-1-2-15)12-16-7-9-21-10-8-16/h3-10,15,18H,1-2,11-14H2. The Balaban J connectivity index is 1.43. The smallest absolute Gasteiger partial charge is 0.243 e. The summed E-state index contributed by atoms with van der Waals surface area (Å²) in [5, 5.41) is 0. The fraction of sp³-hybridized carbons (Fsp3) is 0.421. The van der Waals surface area contributed by atoms with Crippen molar-refractivity contribution >= 4 is 10.0 Å². The lowest BCUT2D eigenvalue weighted by Gasteiger charge is -2.44. The molecule has 1 aliphatic carbocycles. The molecule has 1 aromatic heterocycles. The van der Waals surface area contributed by atoms with Crippen LogP contribution < -0.4 is 0 Å². The third kappa shape index (κ3) is 3.79. The summed E-state index contributed by atoms with van der Waals surface area (Å²) in [6, 6.07) is 9.27. The van der Waals surface area contributed by atoms with Crippen molar-refractivity contribution in [1.82, 2.24) is 14.2 Å². The Labute approximate surface area is 153 Å². The Morgan fingerprint density at radius 3 is 2.35 bits per heavy atom. The Morgan fingerprint density at radius 2 is 1.73 bits per heavy atom. The van der Waals surface area contributed by atoms with Gasteiger partial charge >= 0.3 is 0 Å². The van der Waals surface area contributed by atoms with E-state index >= 15 is 0 Å². The quantitative estimate of drug-likeness (QED) is 0.746. The van der Waals surface area contributed by atoms with Gasteiger partial charge in [0, 0.05) is 44.6 Å². The monoisotopic (exact) mass is 375 g/mol. The van der Waals surface area contributed by atoms with Crippen LogP contribution in [-0.2, 0) is 16.6 Å². The highest BCUT2D eigenvalue weighted by Crippen LogP contribution is 2.33. The third-order valence-corrected chi connectivity index (χ3v) is 6.97. The van der Waals surface area contributed by atoms with Gasteiger partial charge in [-0.15, -0.1) is 0 Å². The lowest BCUT2D eigenvalue weighted by Crippen LogP contribution is -2.60. The van der Waals surface area contributed by atoms with Crippen LogP contribution >= 0.6 is 0 Å². The van der Waals surface area contributed by atoms with E-state index in [0.717, 1.165) is 19.0 Å². The number of sulfonamides is 1. The highest BCUT2D eigenvalue weighted by Gasteiger charge is 2.41. The van der Waals surface area contributed by atoms with Crippen molar-refractivity contribution in [2.75, 3.05) is 19.6 Å². The SMILES string of the molecule is O=S(=O)(c1ccc(F)cc1)N1CC(N(Cc2ccncc2)CC2CC2)C1. The van der Waals surface area contributed by atoms with Gasteiger partial charge in [-0.3, -0.25) is 9.88 Å². The highest BCUT2D eigenvalue weighted by molar-refractivity contribution is 7.89. The predicted octanol–water partition coefficient (Wildman–Crippen LogP) is 2.51. The summed E-state index contributed by atoms with van der Waals surface area (Å²) < 4.78 is 39.9. The molecule has 0 N–H and O–H groups in total. The summed E-state index contributed by atoms with van der Waals surface area (Å²) in [6.07, 6.45) is 6.10. The second-order valence-corrected chi connectivity index (χ2v) is 9.10. The molecule has 5 nitrogen and oxygen atoms in total. The molecular weight excluding hydrogens is 353 g/mol. The maximum Gasteiger partial charge on any atom is 0.243 e. The summed E-state index contributed by atoms with van der Waals surface area (Å²) in [5.41, 5.74) is 1.19. The molecule has 2 heterocycles.